The van der Waals surface area contributed by atoms with Crippen molar-refractivity contribution in [3.8, 4) is 5.75 Å². The molecule has 0 amide bonds. The van der Waals surface area contributed by atoms with E-state index in [-0.39, 0.29) is 5.69 Å². The van der Waals surface area contributed by atoms with Gasteiger partial charge in [-0.05, 0) is 36.2 Å². The molecule has 0 fully saturated rings. The number of para-hydroxylation sites is 1. The van der Waals surface area contributed by atoms with Crippen LogP contribution in [0.2, 0.25) is 0 Å². The molecule has 2 aromatic carbocycles. The summed E-state index contributed by atoms with van der Waals surface area (Å²) in [6, 6.07) is 12.6. The third-order valence-corrected chi connectivity index (χ3v) is 2.92. The molecule has 19 heavy (non-hydrogen) atoms. The summed E-state index contributed by atoms with van der Waals surface area (Å²) in [6.45, 7) is 0.698. The molecule has 0 radical (unpaired) electrons. The van der Waals surface area contributed by atoms with Crippen molar-refractivity contribution in [1.82, 2.24) is 0 Å². The summed E-state index contributed by atoms with van der Waals surface area (Å²) in [5, 5.41) is 3.16. The van der Waals surface area contributed by atoms with Crippen LogP contribution in [0.3, 0.4) is 0 Å². The second kappa shape index (κ2) is 6.09. The van der Waals surface area contributed by atoms with Crippen LogP contribution >= 0.6 is 0 Å². The van der Waals surface area contributed by atoms with E-state index >= 15 is 0 Å². The van der Waals surface area contributed by atoms with Gasteiger partial charge in [-0.1, -0.05) is 18.2 Å². The number of methoxy groups -OCH3 is 1. The highest BCUT2D eigenvalue weighted by Crippen LogP contribution is 2.19. The van der Waals surface area contributed by atoms with Crippen LogP contribution in [0.4, 0.5) is 15.8 Å². The van der Waals surface area contributed by atoms with E-state index < -0.39 is 5.82 Å². The van der Waals surface area contributed by atoms with E-state index in [4.69, 9.17) is 10.5 Å². The van der Waals surface area contributed by atoms with Crippen molar-refractivity contribution in [2.75, 3.05) is 24.7 Å². The summed E-state index contributed by atoms with van der Waals surface area (Å²) in [6.07, 6.45) is 0.802. The first-order valence-corrected chi connectivity index (χ1v) is 6.11. The van der Waals surface area contributed by atoms with Crippen molar-refractivity contribution < 1.29 is 9.13 Å². The molecule has 2 aromatic rings. The lowest BCUT2D eigenvalue weighted by Gasteiger charge is -2.10. The number of halogens is 1. The standard InChI is InChI=1S/C15H17FN2O/c1-19-15-5-3-2-4-11(15)8-9-18-12-6-7-14(17)13(16)10-12/h2-7,10,18H,8-9,17H2,1H3. The monoisotopic (exact) mass is 260 g/mol. The predicted octanol–water partition coefficient (Wildman–Crippen LogP) is 3.07. The topological polar surface area (TPSA) is 47.3 Å². The van der Waals surface area contributed by atoms with Gasteiger partial charge < -0.3 is 15.8 Å². The fraction of sp³-hybridized carbons (Fsp3) is 0.200. The maximum Gasteiger partial charge on any atom is 0.148 e. The number of hydrogen-bond acceptors (Lipinski definition) is 3. The van der Waals surface area contributed by atoms with E-state index in [1.54, 1.807) is 19.2 Å². The maximum absolute atomic E-state index is 13.3. The molecule has 0 aliphatic heterocycles. The van der Waals surface area contributed by atoms with Crippen LogP contribution in [0.5, 0.6) is 5.75 Å². The molecule has 100 valence electrons. The lowest BCUT2D eigenvalue weighted by Crippen LogP contribution is -2.06. The summed E-state index contributed by atoms with van der Waals surface area (Å²) >= 11 is 0. The van der Waals surface area contributed by atoms with Gasteiger partial charge in [0, 0.05) is 12.2 Å². The molecular formula is C15H17FN2O. The van der Waals surface area contributed by atoms with Crippen molar-refractivity contribution >= 4 is 11.4 Å². The Kier molecular flexibility index (Phi) is 4.23. The zero-order chi connectivity index (χ0) is 13.7. The van der Waals surface area contributed by atoms with Crippen LogP contribution in [0.25, 0.3) is 0 Å². The zero-order valence-electron chi connectivity index (χ0n) is 10.8. The summed E-state index contributed by atoms with van der Waals surface area (Å²) in [5.41, 5.74) is 7.43. The number of rotatable bonds is 5. The average molecular weight is 260 g/mol. The van der Waals surface area contributed by atoms with Gasteiger partial charge in [0.1, 0.15) is 11.6 Å². The molecule has 3 nitrogen and oxygen atoms in total. The van der Waals surface area contributed by atoms with Gasteiger partial charge in [-0.25, -0.2) is 4.39 Å². The highest BCUT2D eigenvalue weighted by atomic mass is 19.1. The quantitative estimate of drug-likeness (QED) is 0.812. The van der Waals surface area contributed by atoms with Crippen molar-refractivity contribution in [2.24, 2.45) is 0 Å². The van der Waals surface area contributed by atoms with Gasteiger partial charge in [-0.3, -0.25) is 0 Å². The molecule has 0 saturated carbocycles. The molecule has 0 heterocycles. The molecule has 0 atom stereocenters. The molecule has 0 bridgehead atoms. The maximum atomic E-state index is 13.3. The van der Waals surface area contributed by atoms with Gasteiger partial charge in [0.2, 0.25) is 0 Å². The first kappa shape index (κ1) is 13.2. The highest BCUT2D eigenvalue weighted by Gasteiger charge is 2.02. The molecule has 0 aliphatic rings. The Balaban J connectivity index is 1.94. The van der Waals surface area contributed by atoms with E-state index in [0.717, 1.165) is 23.4 Å². The summed E-state index contributed by atoms with van der Waals surface area (Å²) in [4.78, 5) is 0. The van der Waals surface area contributed by atoms with Crippen LogP contribution in [-0.2, 0) is 6.42 Å². The third kappa shape index (κ3) is 3.37. The molecule has 0 aromatic heterocycles. The van der Waals surface area contributed by atoms with E-state index in [2.05, 4.69) is 5.32 Å². The first-order chi connectivity index (χ1) is 9.20. The van der Waals surface area contributed by atoms with Gasteiger partial charge in [0.15, 0.2) is 0 Å². The highest BCUT2D eigenvalue weighted by molar-refractivity contribution is 5.52. The number of nitrogens with one attached hydrogen (secondary N) is 1. The fourth-order valence-electron chi connectivity index (χ4n) is 1.89. The van der Waals surface area contributed by atoms with E-state index in [0.29, 0.717) is 6.54 Å². The average Bonchev–Trinajstić information content (AvgIpc) is 2.43. The molecule has 2 rings (SSSR count). The smallest absolute Gasteiger partial charge is 0.148 e. The number of hydrogen-bond donors (Lipinski definition) is 2. The van der Waals surface area contributed by atoms with Gasteiger partial charge in [-0.15, -0.1) is 0 Å². The predicted molar refractivity (Wildman–Crippen MR) is 76.0 cm³/mol. The number of benzene rings is 2. The molecule has 0 saturated heterocycles. The molecule has 4 heteroatoms. The molecular weight excluding hydrogens is 243 g/mol. The number of nitrogen functional groups attached to an aromatic ring is 1. The minimum atomic E-state index is -0.401. The summed E-state index contributed by atoms with van der Waals surface area (Å²) < 4.78 is 18.5. The first-order valence-electron chi connectivity index (χ1n) is 6.11. The molecule has 3 N–H and O–H groups in total. The van der Waals surface area contributed by atoms with Crippen LogP contribution in [0.1, 0.15) is 5.56 Å². The summed E-state index contributed by atoms with van der Waals surface area (Å²) in [5.74, 6) is 0.468. The fourth-order valence-corrected chi connectivity index (χ4v) is 1.89. The zero-order valence-corrected chi connectivity index (χ0v) is 10.8. The number of anilines is 2. The summed E-state index contributed by atoms with van der Waals surface area (Å²) in [7, 11) is 1.65. The Morgan fingerprint density at radius 2 is 2.00 bits per heavy atom. The van der Waals surface area contributed by atoms with Crippen LogP contribution in [-0.4, -0.2) is 13.7 Å². The van der Waals surface area contributed by atoms with Crippen molar-refractivity contribution in [2.45, 2.75) is 6.42 Å². The van der Waals surface area contributed by atoms with E-state index in [9.17, 15) is 4.39 Å². The third-order valence-electron chi connectivity index (χ3n) is 2.92. The lowest BCUT2D eigenvalue weighted by atomic mass is 10.1. The van der Waals surface area contributed by atoms with Gasteiger partial charge in [-0.2, -0.15) is 0 Å². The normalized spacial score (nSPS) is 10.2. The van der Waals surface area contributed by atoms with Gasteiger partial charge >= 0.3 is 0 Å². The van der Waals surface area contributed by atoms with Crippen LogP contribution in [0.15, 0.2) is 42.5 Å². The van der Waals surface area contributed by atoms with Crippen molar-refractivity contribution in [3.05, 3.63) is 53.8 Å². The molecule has 0 unspecified atom stereocenters. The minimum absolute atomic E-state index is 0.162. The Morgan fingerprint density at radius 1 is 1.21 bits per heavy atom. The minimum Gasteiger partial charge on any atom is -0.496 e. The van der Waals surface area contributed by atoms with E-state index in [1.807, 2.05) is 24.3 Å². The second-order valence-corrected chi connectivity index (χ2v) is 4.22. The van der Waals surface area contributed by atoms with E-state index in [1.165, 1.54) is 6.07 Å². The SMILES string of the molecule is COc1ccccc1CCNc1ccc(N)c(F)c1. The van der Waals surface area contributed by atoms with Gasteiger partial charge in [0.25, 0.3) is 0 Å². The Hall–Kier alpha value is -2.23. The number of nitrogens with two attached hydrogens (primary N) is 1. The molecule has 0 aliphatic carbocycles. The molecule has 0 spiro atoms. The second-order valence-electron chi connectivity index (χ2n) is 4.22. The lowest BCUT2D eigenvalue weighted by molar-refractivity contribution is 0.410. The largest absolute Gasteiger partial charge is 0.496 e. The Bertz CT molecular complexity index is 558. The van der Waals surface area contributed by atoms with Crippen LogP contribution in [0, 0.1) is 5.82 Å². The number of ether oxygens (including phenoxy) is 1. The Labute approximate surface area is 112 Å². The van der Waals surface area contributed by atoms with Crippen LogP contribution < -0.4 is 15.8 Å². The Morgan fingerprint density at radius 3 is 2.74 bits per heavy atom. The van der Waals surface area contributed by atoms with Gasteiger partial charge in [0.05, 0.1) is 12.8 Å². The van der Waals surface area contributed by atoms with Crippen molar-refractivity contribution in [1.29, 1.82) is 0 Å². The van der Waals surface area contributed by atoms with Crippen molar-refractivity contribution in [3.63, 3.8) is 0 Å².